The molecule has 5 nitrogen and oxygen atoms in total. The third-order valence-electron chi connectivity index (χ3n) is 8.32. The molecular formula is C30H36N2O3S2. The van der Waals surface area contributed by atoms with E-state index in [-0.39, 0.29) is 27.2 Å². The predicted octanol–water partition coefficient (Wildman–Crippen LogP) is 6.58. The quantitative estimate of drug-likeness (QED) is 0.378. The fraction of sp³-hybridized carbons (Fsp3) is 0.467. The van der Waals surface area contributed by atoms with Gasteiger partial charge in [0.1, 0.15) is 0 Å². The van der Waals surface area contributed by atoms with Crippen molar-refractivity contribution in [3.8, 4) is 11.3 Å². The van der Waals surface area contributed by atoms with Crippen LogP contribution in [-0.2, 0) is 20.7 Å². The molecule has 0 unspecified atom stereocenters. The molecule has 1 saturated heterocycles. The van der Waals surface area contributed by atoms with E-state index in [0.717, 1.165) is 29.8 Å². The summed E-state index contributed by atoms with van der Waals surface area (Å²) < 4.78 is 24.3. The van der Waals surface area contributed by atoms with Gasteiger partial charge < -0.3 is 4.90 Å². The van der Waals surface area contributed by atoms with Crippen LogP contribution in [0.1, 0.15) is 85.8 Å². The van der Waals surface area contributed by atoms with Gasteiger partial charge in [0.2, 0.25) is 0 Å². The van der Waals surface area contributed by atoms with Crippen LogP contribution in [0.4, 0.5) is 0 Å². The molecule has 1 aliphatic carbocycles. The first-order valence-electron chi connectivity index (χ1n) is 13.1. The van der Waals surface area contributed by atoms with Crippen molar-refractivity contribution in [1.82, 2.24) is 9.88 Å². The van der Waals surface area contributed by atoms with E-state index in [2.05, 4.69) is 51.3 Å². The van der Waals surface area contributed by atoms with Crippen LogP contribution in [0, 0.1) is 0 Å². The van der Waals surface area contributed by atoms with E-state index in [1.165, 1.54) is 35.6 Å². The van der Waals surface area contributed by atoms with Gasteiger partial charge in [0, 0.05) is 36.2 Å². The molecule has 1 aliphatic heterocycles. The van der Waals surface area contributed by atoms with Crippen molar-refractivity contribution in [3.63, 3.8) is 0 Å². The summed E-state index contributed by atoms with van der Waals surface area (Å²) >= 11 is 1.71. The number of benzene rings is 2. The maximum absolute atomic E-state index is 13.2. The van der Waals surface area contributed by atoms with Gasteiger partial charge in [0.25, 0.3) is 5.91 Å². The zero-order valence-corrected chi connectivity index (χ0v) is 24.0. The topological polar surface area (TPSA) is 67.3 Å². The molecule has 1 fully saturated rings. The van der Waals surface area contributed by atoms with Crippen LogP contribution in [0.25, 0.3) is 11.3 Å². The van der Waals surface area contributed by atoms with E-state index in [4.69, 9.17) is 4.98 Å². The standard InChI is InChI=1S/C30H36N2O3S2/c1-29(2)14-15-30(3,4)24-18-21(10-11-23(24)29)25-19-36-27(31-25)20-12-16-32(17-13-20)28(33)22-8-6-7-9-26(22)37(5,34)35/h6-11,18-20H,12-17H2,1-5H3. The fourth-order valence-electron chi connectivity index (χ4n) is 5.82. The Hall–Kier alpha value is -2.51. The Bertz CT molecular complexity index is 1440. The van der Waals surface area contributed by atoms with Gasteiger partial charge in [-0.2, -0.15) is 0 Å². The van der Waals surface area contributed by atoms with Gasteiger partial charge in [0.15, 0.2) is 9.84 Å². The molecule has 1 aromatic heterocycles. The minimum Gasteiger partial charge on any atom is -0.339 e. The van der Waals surface area contributed by atoms with E-state index < -0.39 is 9.84 Å². The van der Waals surface area contributed by atoms with Crippen molar-refractivity contribution >= 4 is 27.1 Å². The van der Waals surface area contributed by atoms with Crippen LogP contribution in [0.2, 0.25) is 0 Å². The number of likely N-dealkylation sites (tertiary alicyclic amines) is 1. The highest BCUT2D eigenvalue weighted by atomic mass is 32.2. The SMILES string of the molecule is CC1(C)CCC(C)(C)c2cc(-c3csc(C4CCN(C(=O)c5ccccc5S(C)(=O)=O)CC4)n3)ccc21. The Morgan fingerprint density at radius 3 is 2.30 bits per heavy atom. The summed E-state index contributed by atoms with van der Waals surface area (Å²) in [5.41, 5.74) is 5.73. The Morgan fingerprint density at radius 2 is 1.62 bits per heavy atom. The first kappa shape index (κ1) is 26.1. The summed E-state index contributed by atoms with van der Waals surface area (Å²) in [5, 5.41) is 3.29. The second-order valence-corrected chi connectivity index (χ2v) is 14.8. The van der Waals surface area contributed by atoms with Gasteiger partial charge in [0.05, 0.1) is 21.2 Å². The average molecular weight is 537 g/mol. The van der Waals surface area contributed by atoms with Gasteiger partial charge in [-0.15, -0.1) is 11.3 Å². The van der Waals surface area contributed by atoms with Crippen LogP contribution >= 0.6 is 11.3 Å². The summed E-state index contributed by atoms with van der Waals surface area (Å²) in [5.74, 6) is 0.0971. The van der Waals surface area contributed by atoms with Crippen molar-refractivity contribution in [3.05, 3.63) is 69.5 Å². The number of hydrogen-bond acceptors (Lipinski definition) is 5. The number of hydrogen-bond donors (Lipinski definition) is 0. The van der Waals surface area contributed by atoms with E-state index >= 15 is 0 Å². The molecule has 7 heteroatoms. The number of rotatable bonds is 4. The van der Waals surface area contributed by atoms with Crippen molar-refractivity contribution in [2.24, 2.45) is 0 Å². The molecule has 0 bridgehead atoms. The molecule has 2 aliphatic rings. The Labute approximate surface area is 224 Å². The fourth-order valence-corrected chi connectivity index (χ4v) is 7.70. The van der Waals surface area contributed by atoms with Crippen LogP contribution in [0.3, 0.4) is 0 Å². The smallest absolute Gasteiger partial charge is 0.255 e. The van der Waals surface area contributed by atoms with Gasteiger partial charge in [-0.05, 0) is 65.8 Å². The summed E-state index contributed by atoms with van der Waals surface area (Å²) in [6.45, 7) is 10.6. The maximum atomic E-state index is 13.2. The molecule has 0 atom stereocenters. The number of fused-ring (bicyclic) bond motifs is 1. The highest BCUT2D eigenvalue weighted by molar-refractivity contribution is 7.90. The van der Waals surface area contributed by atoms with Crippen molar-refractivity contribution in [2.45, 2.75) is 75.0 Å². The van der Waals surface area contributed by atoms with E-state index in [1.807, 2.05) is 0 Å². The lowest BCUT2D eigenvalue weighted by molar-refractivity contribution is 0.0709. The maximum Gasteiger partial charge on any atom is 0.255 e. The first-order valence-corrected chi connectivity index (χ1v) is 15.8. The molecule has 5 rings (SSSR count). The second kappa shape index (κ2) is 9.35. The number of sulfone groups is 1. The van der Waals surface area contributed by atoms with E-state index in [9.17, 15) is 13.2 Å². The van der Waals surface area contributed by atoms with Gasteiger partial charge in [-0.3, -0.25) is 4.79 Å². The number of nitrogens with zero attached hydrogens (tertiary/aromatic N) is 2. The van der Waals surface area contributed by atoms with Crippen LogP contribution in [0.5, 0.6) is 0 Å². The minimum atomic E-state index is -3.47. The molecule has 1 amide bonds. The third kappa shape index (κ3) is 5.00. The molecular weight excluding hydrogens is 500 g/mol. The summed E-state index contributed by atoms with van der Waals surface area (Å²) in [6, 6.07) is 13.4. The van der Waals surface area contributed by atoms with Gasteiger partial charge in [-0.1, -0.05) is 52.0 Å². The highest BCUT2D eigenvalue weighted by Crippen LogP contribution is 2.47. The van der Waals surface area contributed by atoms with Crippen molar-refractivity contribution in [2.75, 3.05) is 19.3 Å². The third-order valence-corrected chi connectivity index (χ3v) is 10.5. The summed E-state index contributed by atoms with van der Waals surface area (Å²) in [6.07, 6.45) is 5.19. The molecule has 2 aromatic carbocycles. The molecule has 0 saturated carbocycles. The Morgan fingerprint density at radius 1 is 0.973 bits per heavy atom. The van der Waals surface area contributed by atoms with Gasteiger partial charge in [-0.25, -0.2) is 13.4 Å². The van der Waals surface area contributed by atoms with E-state index in [1.54, 1.807) is 34.4 Å². The van der Waals surface area contributed by atoms with Crippen LogP contribution < -0.4 is 0 Å². The molecule has 0 radical (unpaired) electrons. The monoisotopic (exact) mass is 536 g/mol. The normalized spacial score (nSPS) is 19.4. The molecule has 2 heterocycles. The summed E-state index contributed by atoms with van der Waals surface area (Å²) in [4.78, 5) is 20.1. The highest BCUT2D eigenvalue weighted by Gasteiger charge is 2.37. The zero-order chi connectivity index (χ0) is 26.6. The number of piperidine rings is 1. The molecule has 0 N–H and O–H groups in total. The predicted molar refractivity (Wildman–Crippen MR) is 150 cm³/mol. The largest absolute Gasteiger partial charge is 0.339 e. The number of carbonyl (C=O) groups is 1. The van der Waals surface area contributed by atoms with Crippen LogP contribution in [-0.4, -0.2) is 43.6 Å². The lowest BCUT2D eigenvalue weighted by atomic mass is 9.63. The molecule has 3 aromatic rings. The average Bonchev–Trinajstić information content (AvgIpc) is 3.36. The molecule has 0 spiro atoms. The number of aromatic nitrogens is 1. The molecule has 196 valence electrons. The molecule has 37 heavy (non-hydrogen) atoms. The Balaban J connectivity index is 1.31. The minimum absolute atomic E-state index is 0.100. The van der Waals surface area contributed by atoms with E-state index in [0.29, 0.717) is 19.0 Å². The summed E-state index contributed by atoms with van der Waals surface area (Å²) in [7, 11) is -3.47. The second-order valence-electron chi connectivity index (χ2n) is 11.9. The van der Waals surface area contributed by atoms with Crippen LogP contribution in [0.15, 0.2) is 52.7 Å². The Kier molecular flexibility index (Phi) is 6.60. The van der Waals surface area contributed by atoms with Gasteiger partial charge >= 0.3 is 0 Å². The lowest BCUT2D eigenvalue weighted by Crippen LogP contribution is -2.38. The first-order chi connectivity index (χ1) is 17.4. The lowest BCUT2D eigenvalue weighted by Gasteiger charge is -2.42. The zero-order valence-electron chi connectivity index (χ0n) is 22.4. The van der Waals surface area contributed by atoms with Crippen molar-refractivity contribution in [1.29, 1.82) is 0 Å². The number of amides is 1. The van der Waals surface area contributed by atoms with Crippen molar-refractivity contribution < 1.29 is 13.2 Å². The number of thiazole rings is 1. The number of carbonyl (C=O) groups excluding carboxylic acids is 1.